The van der Waals surface area contributed by atoms with Gasteiger partial charge in [-0.25, -0.2) is 5.48 Å². The lowest BCUT2D eigenvalue weighted by Gasteiger charge is -2.16. The van der Waals surface area contributed by atoms with Crippen molar-refractivity contribution in [2.75, 3.05) is 5.32 Å². The predicted octanol–water partition coefficient (Wildman–Crippen LogP) is 3.54. The molecule has 0 aliphatic rings. The summed E-state index contributed by atoms with van der Waals surface area (Å²) in [5.74, 6) is -1.44. The number of carbonyl (C=O) groups is 3. The van der Waals surface area contributed by atoms with Crippen molar-refractivity contribution in [3.05, 3.63) is 53.6 Å². The minimum Gasteiger partial charge on any atom is -0.480 e. The fourth-order valence-corrected chi connectivity index (χ4v) is 3.08. The zero-order valence-corrected chi connectivity index (χ0v) is 18.2. The minimum absolute atomic E-state index is 0.0918. The second kappa shape index (κ2) is 14.9. The molecule has 0 radical (unpaired) electrons. The van der Waals surface area contributed by atoms with Gasteiger partial charge in [0.05, 0.1) is 0 Å². The second-order valence-electron chi connectivity index (χ2n) is 7.14. The predicted molar refractivity (Wildman–Crippen MR) is 120 cm³/mol. The Morgan fingerprint density at radius 1 is 1.03 bits per heavy atom. The molecule has 0 aliphatic carbocycles. The van der Waals surface area contributed by atoms with Gasteiger partial charge in [0.1, 0.15) is 6.04 Å². The Morgan fingerprint density at radius 2 is 1.71 bits per heavy atom. The van der Waals surface area contributed by atoms with Crippen molar-refractivity contribution >= 4 is 23.5 Å². The van der Waals surface area contributed by atoms with Crippen molar-refractivity contribution < 1.29 is 24.7 Å². The number of aliphatic carboxylic acids is 1. The van der Waals surface area contributed by atoms with Crippen LogP contribution in [0.15, 0.2) is 48.1 Å². The maximum atomic E-state index is 12.1. The van der Waals surface area contributed by atoms with E-state index in [-0.39, 0.29) is 12.3 Å². The van der Waals surface area contributed by atoms with Gasteiger partial charge in [-0.05, 0) is 50.0 Å². The fourth-order valence-electron chi connectivity index (χ4n) is 3.08. The van der Waals surface area contributed by atoms with E-state index >= 15 is 0 Å². The van der Waals surface area contributed by atoms with E-state index in [4.69, 9.17) is 5.21 Å². The number of hydrogen-bond acceptors (Lipinski definition) is 5. The third kappa shape index (κ3) is 10.6. The van der Waals surface area contributed by atoms with Crippen LogP contribution in [-0.2, 0) is 20.9 Å². The lowest BCUT2D eigenvalue weighted by atomic mass is 10.1. The summed E-state index contributed by atoms with van der Waals surface area (Å²) in [6.07, 6.45) is 9.01. The Kier molecular flexibility index (Phi) is 12.5. The van der Waals surface area contributed by atoms with Crippen molar-refractivity contribution in [1.82, 2.24) is 10.8 Å². The van der Waals surface area contributed by atoms with Gasteiger partial charge in [0.25, 0.3) is 0 Å². The molecule has 31 heavy (non-hydrogen) atoms. The summed E-state index contributed by atoms with van der Waals surface area (Å²) in [6, 6.07) is 6.48. The van der Waals surface area contributed by atoms with Crippen molar-refractivity contribution in [2.45, 2.75) is 65.0 Å². The van der Waals surface area contributed by atoms with Crippen LogP contribution < -0.4 is 16.1 Å². The van der Waals surface area contributed by atoms with Crippen LogP contribution >= 0.6 is 0 Å². The number of nitrogens with one attached hydrogen (secondary N) is 3. The zero-order chi connectivity index (χ0) is 23.1. The van der Waals surface area contributed by atoms with Crippen LogP contribution in [-0.4, -0.2) is 34.1 Å². The van der Waals surface area contributed by atoms with Gasteiger partial charge in [0.2, 0.25) is 11.8 Å². The maximum absolute atomic E-state index is 12.1. The molecule has 8 nitrogen and oxygen atoms in total. The van der Waals surface area contributed by atoms with Gasteiger partial charge in [0.15, 0.2) is 0 Å². The van der Waals surface area contributed by atoms with E-state index in [1.54, 1.807) is 36.7 Å². The van der Waals surface area contributed by atoms with Crippen LogP contribution in [0.4, 0.5) is 5.69 Å². The number of allylic oxidation sites excluding steroid dienone is 2. The smallest absolute Gasteiger partial charge is 0.325 e. The number of hydrogen-bond donors (Lipinski definition) is 5. The van der Waals surface area contributed by atoms with Crippen LogP contribution in [0.1, 0.15) is 57.9 Å². The van der Waals surface area contributed by atoms with Crippen LogP contribution in [0.2, 0.25) is 0 Å². The summed E-state index contributed by atoms with van der Waals surface area (Å²) in [6.45, 7) is 3.98. The average molecular weight is 432 g/mol. The molecule has 1 aromatic carbocycles. The number of unbranched alkanes of at least 4 members (excludes halogenated alkanes) is 3. The number of amides is 2. The average Bonchev–Trinajstić information content (AvgIpc) is 2.75. The van der Waals surface area contributed by atoms with Gasteiger partial charge < -0.3 is 10.4 Å². The van der Waals surface area contributed by atoms with Crippen LogP contribution in [0.3, 0.4) is 0 Å². The summed E-state index contributed by atoms with van der Waals surface area (Å²) in [5, 5.41) is 23.8. The molecule has 0 spiro atoms. The molecular formula is C23H33N3O5. The summed E-state index contributed by atoms with van der Waals surface area (Å²) >= 11 is 0. The zero-order valence-electron chi connectivity index (χ0n) is 18.2. The first-order valence-corrected chi connectivity index (χ1v) is 10.5. The molecule has 0 saturated carbocycles. The normalized spacial score (nSPS) is 12.5. The highest BCUT2D eigenvalue weighted by molar-refractivity contribution is 5.90. The molecule has 2 amide bonds. The maximum Gasteiger partial charge on any atom is 0.325 e. The summed E-state index contributed by atoms with van der Waals surface area (Å²) in [7, 11) is 0. The number of rotatable bonds is 14. The Balaban J connectivity index is 2.49. The Hall–Kier alpha value is -2.97. The lowest BCUT2D eigenvalue weighted by molar-refractivity contribution is -0.138. The summed E-state index contributed by atoms with van der Waals surface area (Å²) in [5.41, 5.74) is 3.80. The number of anilines is 1. The first-order valence-electron chi connectivity index (χ1n) is 10.5. The SMILES string of the molecule is C/C=C\C(=C/C)[C@H](NCc1cccc(NC(=O)CCCCCCC(=O)NO)c1)C(=O)O. The number of carboxylic acid groups (broad SMARTS) is 1. The third-order valence-electron chi connectivity index (χ3n) is 4.68. The highest BCUT2D eigenvalue weighted by Gasteiger charge is 2.19. The highest BCUT2D eigenvalue weighted by atomic mass is 16.5. The van der Waals surface area contributed by atoms with Crippen molar-refractivity contribution in [2.24, 2.45) is 0 Å². The number of carboxylic acids is 1. The van der Waals surface area contributed by atoms with E-state index in [0.717, 1.165) is 18.4 Å². The molecule has 0 unspecified atom stereocenters. The van der Waals surface area contributed by atoms with Crippen molar-refractivity contribution in [1.29, 1.82) is 0 Å². The lowest BCUT2D eigenvalue weighted by Crippen LogP contribution is -2.37. The summed E-state index contributed by atoms with van der Waals surface area (Å²) in [4.78, 5) is 34.7. The standard InChI is InChI=1S/C23H33N3O5/c1-3-10-18(4-2)22(23(29)30)24-16-17-11-9-12-19(15-17)25-20(27)13-7-5-6-8-14-21(28)26-31/h3-4,9-12,15,22,24,31H,5-8,13-14,16H2,1-2H3,(H,25,27)(H,26,28)(H,29,30)/b10-3-,18-4+/t22-/m0/s1. The van der Waals surface area contributed by atoms with Gasteiger partial charge >= 0.3 is 5.97 Å². The molecule has 1 aromatic rings. The molecule has 0 bridgehead atoms. The highest BCUT2D eigenvalue weighted by Crippen LogP contribution is 2.14. The molecular weight excluding hydrogens is 398 g/mol. The van der Waals surface area contributed by atoms with Crippen molar-refractivity contribution in [3.63, 3.8) is 0 Å². The van der Waals surface area contributed by atoms with Gasteiger partial charge in [0, 0.05) is 25.1 Å². The van der Waals surface area contributed by atoms with Gasteiger partial charge in [-0.1, -0.05) is 43.2 Å². The Labute approximate surface area is 183 Å². The van der Waals surface area contributed by atoms with E-state index in [9.17, 15) is 19.5 Å². The van der Waals surface area contributed by atoms with E-state index in [1.165, 1.54) is 0 Å². The monoisotopic (exact) mass is 431 g/mol. The first kappa shape index (κ1) is 26.1. The van der Waals surface area contributed by atoms with E-state index in [2.05, 4.69) is 10.6 Å². The fraction of sp³-hybridized carbons (Fsp3) is 0.435. The van der Waals surface area contributed by atoms with E-state index < -0.39 is 17.9 Å². The third-order valence-corrected chi connectivity index (χ3v) is 4.68. The van der Waals surface area contributed by atoms with E-state index in [0.29, 0.717) is 37.1 Å². The number of carbonyl (C=O) groups excluding carboxylic acids is 2. The molecule has 1 rings (SSSR count). The number of benzene rings is 1. The summed E-state index contributed by atoms with van der Waals surface area (Å²) < 4.78 is 0. The molecule has 170 valence electrons. The molecule has 0 heterocycles. The quantitative estimate of drug-likeness (QED) is 0.133. The molecule has 0 saturated heterocycles. The van der Waals surface area contributed by atoms with E-state index in [1.807, 2.05) is 25.1 Å². The molecule has 1 atom stereocenters. The van der Waals surface area contributed by atoms with Crippen molar-refractivity contribution in [3.8, 4) is 0 Å². The minimum atomic E-state index is -0.951. The first-order chi connectivity index (χ1) is 14.9. The topological polar surface area (TPSA) is 128 Å². The molecule has 8 heteroatoms. The van der Waals surface area contributed by atoms with Crippen LogP contribution in [0.25, 0.3) is 0 Å². The van der Waals surface area contributed by atoms with Gasteiger partial charge in [-0.15, -0.1) is 0 Å². The van der Waals surface area contributed by atoms with Crippen LogP contribution in [0.5, 0.6) is 0 Å². The molecule has 0 aliphatic heterocycles. The molecule has 0 aromatic heterocycles. The van der Waals surface area contributed by atoms with Gasteiger partial charge in [-0.3, -0.25) is 24.9 Å². The second-order valence-corrected chi connectivity index (χ2v) is 7.14. The number of hydroxylamine groups is 1. The Morgan fingerprint density at radius 3 is 2.29 bits per heavy atom. The Bertz CT molecular complexity index is 789. The molecule has 0 fully saturated rings. The van der Waals surface area contributed by atoms with Crippen LogP contribution in [0, 0.1) is 0 Å². The van der Waals surface area contributed by atoms with Gasteiger partial charge in [-0.2, -0.15) is 0 Å². The molecule has 5 N–H and O–H groups in total. The largest absolute Gasteiger partial charge is 0.480 e.